The Balaban J connectivity index is 1.55. The Labute approximate surface area is 251 Å². The summed E-state index contributed by atoms with van der Waals surface area (Å²) in [5, 5.41) is 0.316. The van der Waals surface area contributed by atoms with Crippen LogP contribution >= 0.6 is 11.3 Å². The molecule has 1 aliphatic heterocycles. The number of amides is 1. The number of likely N-dealkylation sites (N-methyl/N-ethyl adjacent to an activating group) is 1. The van der Waals surface area contributed by atoms with E-state index in [1.165, 1.54) is 52.5 Å². The summed E-state index contributed by atoms with van der Waals surface area (Å²) < 4.78 is 35.1. The number of benzene rings is 1. The maximum Gasteiger partial charge on any atom is 0.332 e. The zero-order valence-corrected chi connectivity index (χ0v) is 25.5. The normalized spacial score (nSPS) is 21.6. The van der Waals surface area contributed by atoms with Crippen molar-refractivity contribution in [3.8, 4) is 16.5 Å². The van der Waals surface area contributed by atoms with Gasteiger partial charge < -0.3 is 18.8 Å². The van der Waals surface area contributed by atoms with Crippen molar-refractivity contribution in [2.24, 2.45) is 5.92 Å². The van der Waals surface area contributed by atoms with Gasteiger partial charge in [0.1, 0.15) is 34.8 Å². The van der Waals surface area contributed by atoms with Gasteiger partial charge in [-0.15, -0.1) is 11.3 Å². The number of hydrogen-bond donors (Lipinski definition) is 0. The minimum absolute atomic E-state index is 0.0246. The average molecular weight is 611 g/mol. The highest BCUT2D eigenvalue weighted by Gasteiger charge is 2.36. The van der Waals surface area contributed by atoms with E-state index in [0.717, 1.165) is 30.3 Å². The van der Waals surface area contributed by atoms with Gasteiger partial charge in [0.05, 0.1) is 36.2 Å². The van der Waals surface area contributed by atoms with Crippen molar-refractivity contribution in [1.82, 2.24) is 19.0 Å². The summed E-state index contributed by atoms with van der Waals surface area (Å²) in [6, 6.07) is 3.32. The van der Waals surface area contributed by atoms with Crippen LogP contribution in [-0.2, 0) is 16.1 Å². The lowest BCUT2D eigenvalue weighted by molar-refractivity contribution is -0.129. The molecular weight excluding hydrogens is 575 g/mol. The molecule has 1 saturated carbocycles. The molecule has 2 fully saturated rings. The molecule has 0 N–H and O–H groups in total. The highest BCUT2D eigenvalue weighted by atomic mass is 32.1. The van der Waals surface area contributed by atoms with E-state index in [0.29, 0.717) is 56.7 Å². The molecule has 4 heterocycles. The van der Waals surface area contributed by atoms with Crippen LogP contribution in [0.25, 0.3) is 21.0 Å². The zero-order valence-electron chi connectivity index (χ0n) is 24.7. The van der Waals surface area contributed by atoms with Gasteiger partial charge in [0.2, 0.25) is 11.8 Å². The van der Waals surface area contributed by atoms with Crippen molar-refractivity contribution in [1.29, 1.82) is 0 Å². The first-order valence-electron chi connectivity index (χ1n) is 14.6. The Morgan fingerprint density at radius 3 is 2.58 bits per heavy atom. The monoisotopic (exact) mass is 610 g/mol. The van der Waals surface area contributed by atoms with Crippen LogP contribution in [0.4, 0.5) is 4.39 Å². The molecular formula is C31H35FN4O6S. The first-order chi connectivity index (χ1) is 20.7. The number of rotatable bonds is 8. The Morgan fingerprint density at radius 1 is 1.16 bits per heavy atom. The number of thiophene rings is 1. The van der Waals surface area contributed by atoms with Crippen LogP contribution in [0.15, 0.2) is 44.7 Å². The minimum Gasteiger partial charge on any atom is -0.496 e. The number of fused-ring (bicyclic) bond motifs is 1. The fraction of sp³-hybridized carbons (Fsp3) is 0.484. The topological polar surface area (TPSA) is 109 Å². The second kappa shape index (κ2) is 11.7. The second-order valence-corrected chi connectivity index (χ2v) is 12.6. The maximum absolute atomic E-state index is 14.7. The third-order valence-corrected chi connectivity index (χ3v) is 10.1. The number of hydrogen-bond acceptors (Lipinski definition) is 8. The van der Waals surface area contributed by atoms with Crippen molar-refractivity contribution >= 4 is 27.5 Å². The molecule has 0 unspecified atom stereocenters. The van der Waals surface area contributed by atoms with Gasteiger partial charge in [0, 0.05) is 19.2 Å². The summed E-state index contributed by atoms with van der Waals surface area (Å²) >= 11 is 1.22. The van der Waals surface area contributed by atoms with Gasteiger partial charge in [-0.3, -0.25) is 14.2 Å². The third-order valence-electron chi connectivity index (χ3n) is 8.79. The Hall–Kier alpha value is -3.77. The molecule has 1 saturated heterocycles. The first-order valence-corrected chi connectivity index (χ1v) is 15.4. The molecule has 12 heteroatoms. The van der Waals surface area contributed by atoms with Crippen LogP contribution in [-0.4, -0.2) is 51.7 Å². The van der Waals surface area contributed by atoms with Crippen LogP contribution in [0.3, 0.4) is 0 Å². The van der Waals surface area contributed by atoms with Crippen LogP contribution in [0, 0.1) is 18.7 Å². The predicted molar refractivity (Wildman–Crippen MR) is 160 cm³/mol. The molecule has 1 aliphatic carbocycles. The van der Waals surface area contributed by atoms with Crippen molar-refractivity contribution in [3.63, 3.8) is 0 Å². The number of ether oxygens (including phenoxy) is 2. The highest BCUT2D eigenvalue weighted by Crippen LogP contribution is 2.39. The van der Waals surface area contributed by atoms with Gasteiger partial charge in [-0.1, -0.05) is 6.92 Å². The summed E-state index contributed by atoms with van der Waals surface area (Å²) in [5.74, 6) is 0.612. The van der Waals surface area contributed by atoms with Crippen molar-refractivity contribution < 1.29 is 23.1 Å². The number of carbonyl (C=O) groups is 1. The molecule has 6 rings (SSSR count). The number of halogens is 1. The van der Waals surface area contributed by atoms with Gasteiger partial charge in [-0.05, 0) is 68.7 Å². The van der Waals surface area contributed by atoms with Gasteiger partial charge in [0.15, 0.2) is 0 Å². The third kappa shape index (κ3) is 5.31. The van der Waals surface area contributed by atoms with E-state index in [1.54, 1.807) is 20.0 Å². The van der Waals surface area contributed by atoms with Crippen LogP contribution < -0.4 is 16.0 Å². The van der Waals surface area contributed by atoms with Gasteiger partial charge in [-0.2, -0.15) is 0 Å². The zero-order chi connectivity index (χ0) is 30.4. The molecule has 2 aliphatic rings. The molecule has 1 amide bonds. The Morgan fingerprint density at radius 2 is 1.93 bits per heavy atom. The summed E-state index contributed by atoms with van der Waals surface area (Å²) in [5.41, 5.74) is -0.0706. The van der Waals surface area contributed by atoms with E-state index in [4.69, 9.17) is 13.9 Å². The molecule has 43 heavy (non-hydrogen) atoms. The summed E-state index contributed by atoms with van der Waals surface area (Å²) in [7, 11) is 3.17. The van der Waals surface area contributed by atoms with Crippen LogP contribution in [0.5, 0.6) is 5.75 Å². The lowest BCUT2D eigenvalue weighted by Gasteiger charge is -2.31. The Kier molecular flexibility index (Phi) is 7.99. The summed E-state index contributed by atoms with van der Waals surface area (Å²) in [6.07, 6.45) is 6.13. The number of carbonyl (C=O) groups excluding carboxylic acids is 1. The fourth-order valence-electron chi connectivity index (χ4n) is 6.32. The average Bonchev–Trinajstić information content (AvgIpc) is 3.72. The summed E-state index contributed by atoms with van der Waals surface area (Å²) in [4.78, 5) is 48.3. The number of aryl methyl sites for hydroxylation is 1. The van der Waals surface area contributed by atoms with E-state index < -0.39 is 29.2 Å². The van der Waals surface area contributed by atoms with E-state index in [9.17, 15) is 18.8 Å². The molecule has 10 nitrogen and oxygen atoms in total. The standard InChI is InChI=1S/C31H35FN4O6S/c1-17-5-8-20(9-6-17)42-24(21-15-19(32)7-10-23(21)40-4)16-35-30-25(18(2)26(43-30)27-33-12-14-41-27)29(38)36(31(35)39)22-11-13-34(3)28(22)37/h7,10,12,14-15,17,20,22,24H,5-6,8-9,11,13,16H2,1-4H3/t17?,20?,22-,24+/m1/s1. The van der Waals surface area contributed by atoms with Gasteiger partial charge >= 0.3 is 5.69 Å². The second-order valence-electron chi connectivity index (χ2n) is 11.6. The van der Waals surface area contributed by atoms with E-state index in [2.05, 4.69) is 11.9 Å². The molecule has 0 bridgehead atoms. The minimum atomic E-state index is -0.923. The number of likely N-dealkylation sites (tertiary alicyclic amines) is 1. The molecule has 0 spiro atoms. The van der Waals surface area contributed by atoms with Crippen molar-refractivity contribution in [2.75, 3.05) is 20.7 Å². The van der Waals surface area contributed by atoms with Crippen LogP contribution in [0.2, 0.25) is 0 Å². The van der Waals surface area contributed by atoms with E-state index in [-0.39, 0.29) is 18.6 Å². The molecule has 2 atom stereocenters. The van der Waals surface area contributed by atoms with Gasteiger partial charge in [-0.25, -0.2) is 18.7 Å². The van der Waals surface area contributed by atoms with Crippen molar-refractivity contribution in [2.45, 2.75) is 70.7 Å². The highest BCUT2D eigenvalue weighted by molar-refractivity contribution is 7.22. The van der Waals surface area contributed by atoms with E-state index >= 15 is 0 Å². The molecule has 228 valence electrons. The summed E-state index contributed by atoms with van der Waals surface area (Å²) in [6.45, 7) is 4.41. The van der Waals surface area contributed by atoms with Gasteiger partial charge in [0.25, 0.3) is 5.56 Å². The van der Waals surface area contributed by atoms with Crippen LogP contribution in [0.1, 0.15) is 62.3 Å². The number of nitrogens with zero attached hydrogens (tertiary/aromatic N) is 4. The maximum atomic E-state index is 14.7. The predicted octanol–water partition coefficient (Wildman–Crippen LogP) is 5.08. The molecule has 0 radical (unpaired) electrons. The number of aromatic nitrogens is 3. The molecule has 3 aromatic heterocycles. The SMILES string of the molecule is COc1ccc(F)cc1[C@H](Cn1c(=O)n([C@@H]2CCN(C)C2=O)c(=O)c2c(C)c(-c3ncco3)sc21)OC1CCC(C)CC1. The fourth-order valence-corrected chi connectivity index (χ4v) is 7.56. The lowest BCUT2D eigenvalue weighted by atomic mass is 9.88. The number of oxazole rings is 1. The van der Waals surface area contributed by atoms with E-state index in [1.807, 2.05) is 0 Å². The number of methoxy groups -OCH3 is 1. The largest absolute Gasteiger partial charge is 0.496 e. The quantitative estimate of drug-likeness (QED) is 0.274. The Bertz CT molecular complexity index is 1770. The molecule has 4 aromatic rings. The van der Waals surface area contributed by atoms with Crippen molar-refractivity contribution in [3.05, 3.63) is 68.4 Å². The first kappa shape index (κ1) is 29.3. The lowest BCUT2D eigenvalue weighted by Crippen LogP contribution is -2.45. The smallest absolute Gasteiger partial charge is 0.332 e. The molecule has 1 aromatic carbocycles.